The quantitative estimate of drug-likeness (QED) is 0.231. The summed E-state index contributed by atoms with van der Waals surface area (Å²) in [5.41, 5.74) is 7.42. The Morgan fingerprint density at radius 2 is 1.67 bits per heavy atom. The molecule has 1 amide bonds. The van der Waals surface area contributed by atoms with Gasteiger partial charge < -0.3 is 25.8 Å². The third kappa shape index (κ3) is 7.33. The molecule has 0 aliphatic heterocycles. The molecule has 146 valence electrons. The number of benzene rings is 2. The minimum atomic E-state index is -0.117. The van der Waals surface area contributed by atoms with Crippen LogP contribution in [0.4, 0.5) is 0 Å². The van der Waals surface area contributed by atoms with Gasteiger partial charge in [0.05, 0.1) is 20.8 Å². The number of hydrogen-bond donors (Lipinski definition) is 3. The lowest BCUT2D eigenvalue weighted by Gasteiger charge is -2.09. The smallest absolute Gasteiger partial charge is 0.251 e. The van der Waals surface area contributed by atoms with Gasteiger partial charge in [-0.15, -0.1) is 24.0 Å². The number of hydrogen-bond acceptors (Lipinski definition) is 4. The van der Waals surface area contributed by atoms with E-state index in [1.165, 1.54) is 0 Å². The molecule has 2 aromatic carbocycles. The number of nitrogens with two attached hydrogens (primary N) is 1. The lowest BCUT2D eigenvalue weighted by molar-refractivity contribution is 0.0954. The molecule has 0 radical (unpaired) electrons. The van der Waals surface area contributed by atoms with Crippen LogP contribution < -0.4 is 25.8 Å². The fourth-order valence-electron chi connectivity index (χ4n) is 2.27. The van der Waals surface area contributed by atoms with Crippen LogP contribution in [0.25, 0.3) is 0 Å². The van der Waals surface area contributed by atoms with Crippen LogP contribution in [0, 0.1) is 0 Å². The average Bonchev–Trinajstić information content (AvgIpc) is 2.69. The third-order valence-corrected chi connectivity index (χ3v) is 3.63. The van der Waals surface area contributed by atoms with Gasteiger partial charge in [-0.1, -0.05) is 24.3 Å². The van der Waals surface area contributed by atoms with Gasteiger partial charge in [0, 0.05) is 18.7 Å². The summed E-state index contributed by atoms with van der Waals surface area (Å²) in [5.74, 6) is 1.51. The average molecular weight is 484 g/mol. The summed E-state index contributed by atoms with van der Waals surface area (Å²) in [5, 5.41) is 5.78. The summed E-state index contributed by atoms with van der Waals surface area (Å²) in [6.45, 7) is 1.34. The summed E-state index contributed by atoms with van der Waals surface area (Å²) in [4.78, 5) is 16.2. The van der Waals surface area contributed by atoms with Crippen molar-refractivity contribution in [1.29, 1.82) is 0 Å². The van der Waals surface area contributed by atoms with Crippen molar-refractivity contribution in [2.75, 3.05) is 27.3 Å². The first-order valence-corrected chi connectivity index (χ1v) is 8.22. The molecule has 0 heterocycles. The highest BCUT2D eigenvalue weighted by molar-refractivity contribution is 14.0. The molecule has 7 nitrogen and oxygen atoms in total. The monoisotopic (exact) mass is 484 g/mol. The lowest BCUT2D eigenvalue weighted by Crippen LogP contribution is -2.38. The van der Waals surface area contributed by atoms with Gasteiger partial charge in [0.15, 0.2) is 17.5 Å². The number of methoxy groups -OCH3 is 2. The van der Waals surface area contributed by atoms with E-state index in [4.69, 9.17) is 15.2 Å². The zero-order chi connectivity index (χ0) is 18.8. The Morgan fingerprint density at radius 3 is 2.33 bits per heavy atom. The van der Waals surface area contributed by atoms with Crippen LogP contribution in [0.2, 0.25) is 0 Å². The zero-order valence-corrected chi connectivity index (χ0v) is 17.7. The Balaban J connectivity index is 0.00000364. The molecular weight excluding hydrogens is 459 g/mol. The summed E-state index contributed by atoms with van der Waals surface area (Å²) in [6.07, 6.45) is 0. The van der Waals surface area contributed by atoms with E-state index < -0.39 is 0 Å². The van der Waals surface area contributed by atoms with E-state index in [-0.39, 0.29) is 29.9 Å². The van der Waals surface area contributed by atoms with Crippen molar-refractivity contribution < 1.29 is 14.3 Å². The predicted molar refractivity (Wildman–Crippen MR) is 117 cm³/mol. The van der Waals surface area contributed by atoms with Gasteiger partial charge in [-0.25, -0.2) is 4.99 Å². The third-order valence-electron chi connectivity index (χ3n) is 3.63. The lowest BCUT2D eigenvalue weighted by atomic mass is 10.2. The van der Waals surface area contributed by atoms with Crippen molar-refractivity contribution in [2.24, 2.45) is 10.7 Å². The minimum absolute atomic E-state index is 0. The molecule has 0 aliphatic carbocycles. The van der Waals surface area contributed by atoms with Crippen molar-refractivity contribution in [2.45, 2.75) is 6.54 Å². The Bertz CT molecular complexity index is 754. The molecule has 0 spiro atoms. The second-order valence-corrected chi connectivity index (χ2v) is 5.44. The highest BCUT2D eigenvalue weighted by Crippen LogP contribution is 2.27. The second-order valence-electron chi connectivity index (χ2n) is 5.44. The molecule has 0 saturated heterocycles. The summed E-state index contributed by atoms with van der Waals surface area (Å²) in [7, 11) is 3.18. The van der Waals surface area contributed by atoms with Crippen LogP contribution in [0.1, 0.15) is 15.9 Å². The fraction of sp³-hybridized carbons (Fsp3) is 0.263. The molecule has 0 fully saturated rings. The molecule has 2 rings (SSSR count). The van der Waals surface area contributed by atoms with Crippen LogP contribution >= 0.6 is 24.0 Å². The molecule has 2 aromatic rings. The molecule has 0 unspecified atom stereocenters. The SMILES string of the molecule is COc1ccc(CN=C(N)NCCNC(=O)c2ccccc2)cc1OC.I. The standard InChI is InChI=1S/C19H24N4O3.HI/c1-25-16-9-8-14(12-17(16)26-2)13-23-19(20)22-11-10-21-18(24)15-6-4-3-5-7-15;/h3-9,12H,10-11,13H2,1-2H3,(H,21,24)(H3,20,22,23);1H. The number of amides is 1. The van der Waals surface area contributed by atoms with Gasteiger partial charge >= 0.3 is 0 Å². The van der Waals surface area contributed by atoms with Crippen molar-refractivity contribution in [1.82, 2.24) is 10.6 Å². The Labute approximate surface area is 176 Å². The van der Waals surface area contributed by atoms with E-state index in [1.54, 1.807) is 26.4 Å². The number of rotatable bonds is 8. The molecule has 0 aromatic heterocycles. The maximum Gasteiger partial charge on any atom is 0.251 e. The van der Waals surface area contributed by atoms with Crippen molar-refractivity contribution in [3.8, 4) is 11.5 Å². The summed E-state index contributed by atoms with van der Waals surface area (Å²) in [6, 6.07) is 14.6. The molecule has 27 heavy (non-hydrogen) atoms. The van der Waals surface area contributed by atoms with Crippen molar-refractivity contribution in [3.63, 3.8) is 0 Å². The number of ether oxygens (including phenoxy) is 2. The second kappa shape index (κ2) is 12.0. The number of carbonyl (C=O) groups excluding carboxylic acids is 1. The minimum Gasteiger partial charge on any atom is -0.493 e. The number of nitrogens with zero attached hydrogens (tertiary/aromatic N) is 1. The predicted octanol–water partition coefficient (Wildman–Crippen LogP) is 2.16. The number of halogens is 1. The molecule has 0 aliphatic rings. The Morgan fingerprint density at radius 1 is 1.00 bits per heavy atom. The van der Waals surface area contributed by atoms with E-state index in [2.05, 4.69) is 15.6 Å². The van der Waals surface area contributed by atoms with Gasteiger partial charge in [0.1, 0.15) is 0 Å². The summed E-state index contributed by atoms with van der Waals surface area (Å²) >= 11 is 0. The number of aliphatic imine (C=N–C) groups is 1. The van der Waals surface area contributed by atoms with Crippen LogP contribution in [0.5, 0.6) is 11.5 Å². The first kappa shape index (κ1) is 22.6. The normalized spacial score (nSPS) is 10.5. The highest BCUT2D eigenvalue weighted by atomic mass is 127. The van der Waals surface area contributed by atoms with E-state index >= 15 is 0 Å². The first-order valence-electron chi connectivity index (χ1n) is 8.22. The van der Waals surface area contributed by atoms with Crippen LogP contribution in [-0.4, -0.2) is 39.2 Å². The first-order chi connectivity index (χ1) is 12.6. The van der Waals surface area contributed by atoms with Gasteiger partial charge in [-0.05, 0) is 29.8 Å². The van der Waals surface area contributed by atoms with E-state index in [9.17, 15) is 4.79 Å². The van der Waals surface area contributed by atoms with Crippen LogP contribution in [0.15, 0.2) is 53.5 Å². The maximum atomic E-state index is 11.9. The van der Waals surface area contributed by atoms with Gasteiger partial charge in [0.25, 0.3) is 5.91 Å². The Kier molecular flexibility index (Phi) is 10.0. The Hall–Kier alpha value is -2.49. The summed E-state index contributed by atoms with van der Waals surface area (Å²) < 4.78 is 10.5. The van der Waals surface area contributed by atoms with E-state index in [0.717, 1.165) is 5.56 Å². The molecule has 0 saturated carbocycles. The molecule has 0 bridgehead atoms. The highest BCUT2D eigenvalue weighted by Gasteiger charge is 2.05. The van der Waals surface area contributed by atoms with Crippen molar-refractivity contribution in [3.05, 3.63) is 59.7 Å². The maximum absolute atomic E-state index is 11.9. The number of nitrogens with one attached hydrogen (secondary N) is 2. The molecule has 0 atom stereocenters. The van der Waals surface area contributed by atoms with Crippen LogP contribution in [0.3, 0.4) is 0 Å². The van der Waals surface area contributed by atoms with Gasteiger partial charge in [0.2, 0.25) is 0 Å². The molecular formula is C19H25IN4O3. The van der Waals surface area contributed by atoms with Gasteiger partial charge in [-0.3, -0.25) is 4.79 Å². The largest absolute Gasteiger partial charge is 0.493 e. The van der Waals surface area contributed by atoms with E-state index in [1.807, 2.05) is 36.4 Å². The van der Waals surface area contributed by atoms with Crippen molar-refractivity contribution >= 4 is 35.8 Å². The number of carbonyl (C=O) groups is 1. The fourth-order valence-corrected chi connectivity index (χ4v) is 2.27. The number of guanidine groups is 1. The van der Waals surface area contributed by atoms with Gasteiger partial charge in [-0.2, -0.15) is 0 Å². The molecule has 8 heteroatoms. The zero-order valence-electron chi connectivity index (χ0n) is 15.4. The molecule has 4 N–H and O–H groups in total. The van der Waals surface area contributed by atoms with Crippen LogP contribution in [-0.2, 0) is 6.54 Å². The van der Waals surface area contributed by atoms with E-state index in [0.29, 0.717) is 42.7 Å². The topological polar surface area (TPSA) is 98.0 Å².